The molecule has 1 aromatic carbocycles. The molecule has 0 spiro atoms. The second kappa shape index (κ2) is 5.98. The molecular weight excluding hydrogens is 248 g/mol. The van der Waals surface area contributed by atoms with E-state index in [2.05, 4.69) is 28.6 Å². The van der Waals surface area contributed by atoms with Gasteiger partial charge in [0.2, 0.25) is 0 Å². The molecule has 2 rings (SSSR count). The summed E-state index contributed by atoms with van der Waals surface area (Å²) in [5.74, 6) is 0. The van der Waals surface area contributed by atoms with Crippen LogP contribution >= 0.6 is 11.6 Å². The van der Waals surface area contributed by atoms with Gasteiger partial charge < -0.3 is 5.32 Å². The zero-order valence-electron chi connectivity index (χ0n) is 10.6. The molecule has 18 heavy (non-hydrogen) atoms. The third kappa shape index (κ3) is 3.55. The van der Waals surface area contributed by atoms with E-state index in [9.17, 15) is 0 Å². The van der Waals surface area contributed by atoms with Crippen molar-refractivity contribution in [2.75, 3.05) is 0 Å². The Kier molecular flexibility index (Phi) is 4.33. The minimum atomic E-state index is 0.340. The smallest absolute Gasteiger partial charge is 0.0964 e. The maximum Gasteiger partial charge on any atom is 0.0964 e. The van der Waals surface area contributed by atoms with Crippen molar-refractivity contribution in [3.05, 3.63) is 46.7 Å². The maximum atomic E-state index is 6.14. The van der Waals surface area contributed by atoms with Crippen LogP contribution < -0.4 is 5.32 Å². The minimum Gasteiger partial charge on any atom is -0.308 e. The fourth-order valence-corrected chi connectivity index (χ4v) is 2.03. The second-order valence-electron chi connectivity index (χ2n) is 4.46. The highest BCUT2D eigenvalue weighted by atomic mass is 35.5. The highest BCUT2D eigenvalue weighted by Crippen LogP contribution is 2.16. The van der Waals surface area contributed by atoms with Crippen molar-refractivity contribution in [3.8, 4) is 0 Å². The van der Waals surface area contributed by atoms with Gasteiger partial charge in [0, 0.05) is 30.9 Å². The Labute approximate surface area is 112 Å². The van der Waals surface area contributed by atoms with E-state index < -0.39 is 0 Å². The van der Waals surface area contributed by atoms with Gasteiger partial charge in [0.1, 0.15) is 0 Å². The molecule has 0 fully saturated rings. The Morgan fingerprint density at radius 1 is 1.39 bits per heavy atom. The third-order valence-electron chi connectivity index (χ3n) is 2.77. The van der Waals surface area contributed by atoms with Crippen LogP contribution in [0.2, 0.25) is 5.02 Å². The molecule has 1 heterocycles. The Morgan fingerprint density at radius 3 is 2.83 bits per heavy atom. The number of halogens is 1. The summed E-state index contributed by atoms with van der Waals surface area (Å²) in [5, 5.41) is 12.2. The molecule has 5 heteroatoms. The zero-order valence-corrected chi connectivity index (χ0v) is 11.4. The number of rotatable bonds is 5. The van der Waals surface area contributed by atoms with Crippen LogP contribution in [0.3, 0.4) is 0 Å². The molecule has 0 amide bonds. The van der Waals surface area contributed by atoms with Crippen LogP contribution in [0.25, 0.3) is 0 Å². The van der Waals surface area contributed by atoms with E-state index in [1.807, 2.05) is 31.4 Å². The summed E-state index contributed by atoms with van der Waals surface area (Å²) in [7, 11) is 1.86. The number of aryl methyl sites for hydroxylation is 1. The number of hydrogen-bond donors (Lipinski definition) is 1. The van der Waals surface area contributed by atoms with Gasteiger partial charge in [-0.1, -0.05) is 35.0 Å². The van der Waals surface area contributed by atoms with Crippen molar-refractivity contribution in [3.63, 3.8) is 0 Å². The number of hydrogen-bond acceptors (Lipinski definition) is 3. The average Bonchev–Trinajstić information content (AvgIpc) is 2.76. The fraction of sp³-hybridized carbons (Fsp3) is 0.385. The van der Waals surface area contributed by atoms with Crippen LogP contribution in [-0.2, 0) is 20.0 Å². The summed E-state index contributed by atoms with van der Waals surface area (Å²) in [4.78, 5) is 0. The Hall–Kier alpha value is -1.39. The molecule has 0 radical (unpaired) electrons. The minimum absolute atomic E-state index is 0.340. The summed E-state index contributed by atoms with van der Waals surface area (Å²) < 4.78 is 1.70. The molecule has 0 saturated carbocycles. The first-order chi connectivity index (χ1) is 8.65. The van der Waals surface area contributed by atoms with Crippen molar-refractivity contribution in [1.29, 1.82) is 0 Å². The van der Waals surface area contributed by atoms with Crippen molar-refractivity contribution < 1.29 is 0 Å². The standard InChI is InChI=1S/C13H17ClN4/c1-10(7-11-5-3-4-6-13(11)14)15-8-12-9-18(2)17-16-12/h3-6,9-10,15H,7-8H2,1-2H3. The molecule has 2 aromatic rings. The lowest BCUT2D eigenvalue weighted by molar-refractivity contribution is 0.539. The highest BCUT2D eigenvalue weighted by Gasteiger charge is 2.07. The van der Waals surface area contributed by atoms with Crippen LogP contribution in [0.1, 0.15) is 18.2 Å². The molecule has 0 saturated heterocycles. The SMILES string of the molecule is CC(Cc1ccccc1Cl)NCc1cn(C)nn1. The second-order valence-corrected chi connectivity index (χ2v) is 4.87. The highest BCUT2D eigenvalue weighted by molar-refractivity contribution is 6.31. The van der Waals surface area contributed by atoms with Crippen molar-refractivity contribution in [2.45, 2.75) is 25.9 Å². The van der Waals surface area contributed by atoms with Gasteiger partial charge in [0.25, 0.3) is 0 Å². The molecule has 1 aromatic heterocycles. The molecule has 0 aliphatic heterocycles. The van der Waals surface area contributed by atoms with E-state index in [0.29, 0.717) is 6.04 Å². The maximum absolute atomic E-state index is 6.14. The molecule has 1 unspecified atom stereocenters. The summed E-state index contributed by atoms with van der Waals surface area (Å²) in [6.07, 6.45) is 2.81. The number of aromatic nitrogens is 3. The van der Waals surface area contributed by atoms with Crippen LogP contribution in [-0.4, -0.2) is 21.0 Å². The number of nitrogens with one attached hydrogen (secondary N) is 1. The first-order valence-corrected chi connectivity index (χ1v) is 6.35. The van der Waals surface area contributed by atoms with Crippen molar-refractivity contribution in [1.82, 2.24) is 20.3 Å². The predicted molar refractivity (Wildman–Crippen MR) is 72.5 cm³/mol. The van der Waals surface area contributed by atoms with E-state index in [1.54, 1.807) is 4.68 Å². The van der Waals surface area contributed by atoms with Gasteiger partial charge >= 0.3 is 0 Å². The number of benzene rings is 1. The molecular formula is C13H17ClN4. The molecule has 0 bridgehead atoms. The lowest BCUT2D eigenvalue weighted by Gasteiger charge is -2.13. The summed E-state index contributed by atoms with van der Waals surface area (Å²) >= 11 is 6.14. The van der Waals surface area contributed by atoms with Gasteiger partial charge in [-0.15, -0.1) is 5.10 Å². The van der Waals surface area contributed by atoms with Crippen LogP contribution in [0.4, 0.5) is 0 Å². The summed E-state index contributed by atoms with van der Waals surface area (Å²) in [6.45, 7) is 2.86. The number of nitrogens with zero attached hydrogens (tertiary/aromatic N) is 3. The van der Waals surface area contributed by atoms with Gasteiger partial charge in [-0.25, -0.2) is 0 Å². The first-order valence-electron chi connectivity index (χ1n) is 5.97. The zero-order chi connectivity index (χ0) is 13.0. The van der Waals surface area contributed by atoms with Gasteiger partial charge in [-0.2, -0.15) is 0 Å². The quantitative estimate of drug-likeness (QED) is 0.900. The predicted octanol–water partition coefficient (Wildman–Crippen LogP) is 2.19. The van der Waals surface area contributed by atoms with Crippen molar-refractivity contribution >= 4 is 11.6 Å². The van der Waals surface area contributed by atoms with Crippen LogP contribution in [0, 0.1) is 0 Å². The first kappa shape index (κ1) is 13.1. The molecule has 4 nitrogen and oxygen atoms in total. The Morgan fingerprint density at radius 2 is 2.17 bits per heavy atom. The van der Waals surface area contributed by atoms with E-state index in [1.165, 1.54) is 5.56 Å². The van der Waals surface area contributed by atoms with E-state index in [-0.39, 0.29) is 0 Å². The van der Waals surface area contributed by atoms with Gasteiger partial charge in [0.15, 0.2) is 0 Å². The lowest BCUT2D eigenvalue weighted by atomic mass is 10.1. The van der Waals surface area contributed by atoms with Gasteiger partial charge in [-0.3, -0.25) is 4.68 Å². The third-order valence-corrected chi connectivity index (χ3v) is 3.13. The normalized spacial score (nSPS) is 12.6. The largest absolute Gasteiger partial charge is 0.308 e. The monoisotopic (exact) mass is 264 g/mol. The molecule has 0 aliphatic carbocycles. The van der Waals surface area contributed by atoms with Crippen LogP contribution in [0.15, 0.2) is 30.5 Å². The van der Waals surface area contributed by atoms with Gasteiger partial charge in [-0.05, 0) is 25.0 Å². The Balaban J connectivity index is 1.85. The molecule has 96 valence electrons. The summed E-state index contributed by atoms with van der Waals surface area (Å²) in [5.41, 5.74) is 2.11. The van der Waals surface area contributed by atoms with E-state index in [4.69, 9.17) is 11.6 Å². The molecule has 0 aliphatic rings. The van der Waals surface area contributed by atoms with E-state index in [0.717, 1.165) is 23.7 Å². The molecule has 1 atom stereocenters. The average molecular weight is 265 g/mol. The van der Waals surface area contributed by atoms with E-state index >= 15 is 0 Å². The van der Waals surface area contributed by atoms with Crippen molar-refractivity contribution in [2.24, 2.45) is 7.05 Å². The lowest BCUT2D eigenvalue weighted by Crippen LogP contribution is -2.27. The summed E-state index contributed by atoms with van der Waals surface area (Å²) in [6, 6.07) is 8.28. The fourth-order valence-electron chi connectivity index (χ4n) is 1.82. The van der Waals surface area contributed by atoms with Crippen LogP contribution in [0.5, 0.6) is 0 Å². The van der Waals surface area contributed by atoms with Gasteiger partial charge in [0.05, 0.1) is 5.69 Å². The Bertz CT molecular complexity index is 509. The molecule has 1 N–H and O–H groups in total. The topological polar surface area (TPSA) is 42.7 Å².